The van der Waals surface area contributed by atoms with Crippen LogP contribution < -0.4 is 15.4 Å². The molecular formula is C19H32IN5O2. The largest absolute Gasteiger partial charge is 0.493 e. The Morgan fingerprint density at radius 1 is 1.22 bits per heavy atom. The summed E-state index contributed by atoms with van der Waals surface area (Å²) in [7, 11) is 3.51. The molecule has 0 amide bonds. The van der Waals surface area contributed by atoms with E-state index in [2.05, 4.69) is 25.4 Å². The Bertz CT molecular complexity index is 593. The molecule has 0 saturated carbocycles. The molecular weight excluding hydrogens is 457 g/mol. The van der Waals surface area contributed by atoms with Gasteiger partial charge in [-0.05, 0) is 12.1 Å². The third kappa shape index (κ3) is 6.78. The van der Waals surface area contributed by atoms with Gasteiger partial charge in [-0.2, -0.15) is 0 Å². The molecule has 3 fully saturated rings. The molecule has 3 heterocycles. The first-order valence-electron chi connectivity index (χ1n) is 9.44. The molecule has 3 saturated heterocycles. The molecule has 27 heavy (non-hydrogen) atoms. The number of halogens is 1. The SMILES string of the molecule is CN=C(NCC1CN2CCN1CC2)Nc1cccc(OCCCOC)c1.I. The summed E-state index contributed by atoms with van der Waals surface area (Å²) in [6.07, 6.45) is 0.881. The Morgan fingerprint density at radius 2 is 2.04 bits per heavy atom. The number of rotatable bonds is 8. The van der Waals surface area contributed by atoms with Gasteiger partial charge in [-0.25, -0.2) is 0 Å². The number of ether oxygens (including phenoxy) is 2. The van der Waals surface area contributed by atoms with E-state index in [0.717, 1.165) is 36.9 Å². The molecule has 2 N–H and O–H groups in total. The zero-order valence-corrected chi connectivity index (χ0v) is 18.6. The molecule has 1 aromatic rings. The zero-order chi connectivity index (χ0) is 18.2. The highest BCUT2D eigenvalue weighted by atomic mass is 127. The third-order valence-corrected chi connectivity index (χ3v) is 4.98. The lowest BCUT2D eigenvalue weighted by Gasteiger charge is -2.47. The molecule has 3 aliphatic heterocycles. The highest BCUT2D eigenvalue weighted by Crippen LogP contribution is 2.18. The van der Waals surface area contributed by atoms with Crippen LogP contribution in [0.2, 0.25) is 0 Å². The Labute approximate surface area is 179 Å². The number of aliphatic imine (C=N–C) groups is 1. The van der Waals surface area contributed by atoms with Gasteiger partial charge < -0.3 is 20.1 Å². The van der Waals surface area contributed by atoms with E-state index >= 15 is 0 Å². The number of hydrogen-bond acceptors (Lipinski definition) is 5. The van der Waals surface area contributed by atoms with Crippen LogP contribution in [0.5, 0.6) is 5.75 Å². The molecule has 1 atom stereocenters. The van der Waals surface area contributed by atoms with Crippen LogP contribution in [-0.4, -0.2) is 88.4 Å². The molecule has 1 unspecified atom stereocenters. The van der Waals surface area contributed by atoms with E-state index in [4.69, 9.17) is 9.47 Å². The molecule has 0 aliphatic carbocycles. The van der Waals surface area contributed by atoms with Gasteiger partial charge >= 0.3 is 0 Å². The summed E-state index contributed by atoms with van der Waals surface area (Å²) < 4.78 is 10.8. The Morgan fingerprint density at radius 3 is 2.70 bits per heavy atom. The van der Waals surface area contributed by atoms with Crippen molar-refractivity contribution in [2.45, 2.75) is 12.5 Å². The molecule has 152 valence electrons. The van der Waals surface area contributed by atoms with E-state index in [9.17, 15) is 0 Å². The van der Waals surface area contributed by atoms with Gasteiger partial charge in [0.2, 0.25) is 0 Å². The van der Waals surface area contributed by atoms with Crippen molar-refractivity contribution in [1.82, 2.24) is 15.1 Å². The van der Waals surface area contributed by atoms with Crippen molar-refractivity contribution >= 4 is 35.6 Å². The third-order valence-electron chi connectivity index (χ3n) is 4.98. The van der Waals surface area contributed by atoms with Crippen molar-refractivity contribution in [2.24, 2.45) is 4.99 Å². The first-order chi connectivity index (χ1) is 12.8. The normalized spacial score (nSPS) is 24.2. The number of hydrogen-bond donors (Lipinski definition) is 2. The molecule has 4 rings (SSSR count). The zero-order valence-electron chi connectivity index (χ0n) is 16.3. The number of methoxy groups -OCH3 is 1. The van der Waals surface area contributed by atoms with Gasteiger partial charge in [0, 0.05) is 84.2 Å². The maximum Gasteiger partial charge on any atom is 0.195 e. The van der Waals surface area contributed by atoms with Crippen LogP contribution in [-0.2, 0) is 4.74 Å². The van der Waals surface area contributed by atoms with E-state index in [0.29, 0.717) is 19.3 Å². The van der Waals surface area contributed by atoms with Gasteiger partial charge in [-0.1, -0.05) is 6.07 Å². The minimum Gasteiger partial charge on any atom is -0.493 e. The van der Waals surface area contributed by atoms with Crippen LogP contribution >= 0.6 is 24.0 Å². The number of nitrogens with zero attached hydrogens (tertiary/aromatic N) is 3. The summed E-state index contributed by atoms with van der Waals surface area (Å²) >= 11 is 0. The minimum absolute atomic E-state index is 0. The molecule has 1 aromatic carbocycles. The van der Waals surface area contributed by atoms with E-state index < -0.39 is 0 Å². The number of guanidine groups is 1. The van der Waals surface area contributed by atoms with E-state index in [1.807, 2.05) is 24.3 Å². The standard InChI is InChI=1S/C19H31N5O2.HI/c1-20-19(21-14-17-15-23-7-9-24(17)10-8-23)22-16-5-3-6-18(13-16)26-12-4-11-25-2;/h3,5-6,13,17H,4,7-12,14-15H2,1-2H3,(H2,20,21,22);1H. The van der Waals surface area contributed by atoms with Gasteiger partial charge in [0.05, 0.1) is 6.61 Å². The summed E-state index contributed by atoms with van der Waals surface area (Å²) in [5, 5.41) is 6.82. The van der Waals surface area contributed by atoms with E-state index in [1.165, 1.54) is 26.2 Å². The molecule has 3 aliphatic rings. The molecule has 0 aromatic heterocycles. The molecule has 0 radical (unpaired) electrons. The fraction of sp³-hybridized carbons (Fsp3) is 0.632. The lowest BCUT2D eigenvalue weighted by molar-refractivity contribution is 0.0155. The van der Waals surface area contributed by atoms with Gasteiger partial charge in [0.15, 0.2) is 5.96 Å². The van der Waals surface area contributed by atoms with Gasteiger partial charge in [-0.3, -0.25) is 14.8 Å². The number of fused-ring (bicyclic) bond motifs is 3. The summed E-state index contributed by atoms with van der Waals surface area (Å²) in [5.74, 6) is 1.64. The maximum atomic E-state index is 5.76. The van der Waals surface area contributed by atoms with Gasteiger partial charge in [0.25, 0.3) is 0 Å². The molecule has 2 bridgehead atoms. The highest BCUT2D eigenvalue weighted by Gasteiger charge is 2.31. The first kappa shape index (κ1) is 22.2. The smallest absolute Gasteiger partial charge is 0.195 e. The second kappa shape index (κ2) is 11.7. The van der Waals surface area contributed by atoms with Gasteiger partial charge in [-0.15, -0.1) is 24.0 Å². The Kier molecular flexibility index (Phi) is 9.60. The Hall–Kier alpha value is -1.10. The van der Waals surface area contributed by atoms with E-state index in [1.54, 1.807) is 14.2 Å². The summed E-state index contributed by atoms with van der Waals surface area (Å²) in [6, 6.07) is 8.53. The number of anilines is 1. The number of benzene rings is 1. The predicted octanol–water partition coefficient (Wildman–Crippen LogP) is 1.71. The summed E-state index contributed by atoms with van der Waals surface area (Å²) in [6.45, 7) is 8.20. The topological polar surface area (TPSA) is 61.4 Å². The van der Waals surface area contributed by atoms with Crippen LogP contribution in [0.1, 0.15) is 6.42 Å². The van der Waals surface area contributed by atoms with Gasteiger partial charge in [0.1, 0.15) is 5.75 Å². The second-order valence-electron chi connectivity index (χ2n) is 6.79. The monoisotopic (exact) mass is 489 g/mol. The van der Waals surface area contributed by atoms with Crippen LogP contribution in [0.3, 0.4) is 0 Å². The lowest BCUT2D eigenvalue weighted by Crippen LogP contribution is -2.63. The molecule has 0 spiro atoms. The van der Waals surface area contributed by atoms with Crippen LogP contribution in [0, 0.1) is 0 Å². The molecule has 8 heteroatoms. The maximum absolute atomic E-state index is 5.76. The van der Waals surface area contributed by atoms with Crippen molar-refractivity contribution < 1.29 is 9.47 Å². The quantitative estimate of drug-likeness (QED) is 0.251. The lowest BCUT2D eigenvalue weighted by atomic mass is 10.1. The predicted molar refractivity (Wildman–Crippen MR) is 121 cm³/mol. The van der Waals surface area contributed by atoms with E-state index in [-0.39, 0.29) is 24.0 Å². The molecule has 7 nitrogen and oxygen atoms in total. The fourth-order valence-corrected chi connectivity index (χ4v) is 3.51. The van der Waals surface area contributed by atoms with Crippen molar-refractivity contribution in [3.05, 3.63) is 24.3 Å². The van der Waals surface area contributed by atoms with Crippen LogP contribution in [0.15, 0.2) is 29.3 Å². The number of nitrogens with one attached hydrogen (secondary N) is 2. The Balaban J connectivity index is 0.00000261. The minimum atomic E-state index is 0. The second-order valence-corrected chi connectivity index (χ2v) is 6.79. The van der Waals surface area contributed by atoms with Crippen molar-refractivity contribution in [1.29, 1.82) is 0 Å². The average Bonchev–Trinajstić information content (AvgIpc) is 2.70. The van der Waals surface area contributed by atoms with Crippen molar-refractivity contribution in [3.8, 4) is 5.75 Å². The fourth-order valence-electron chi connectivity index (χ4n) is 3.51. The first-order valence-corrected chi connectivity index (χ1v) is 9.44. The van der Waals surface area contributed by atoms with Crippen LogP contribution in [0.4, 0.5) is 5.69 Å². The van der Waals surface area contributed by atoms with Crippen molar-refractivity contribution in [2.75, 3.05) is 72.0 Å². The van der Waals surface area contributed by atoms with Crippen LogP contribution in [0.25, 0.3) is 0 Å². The van der Waals surface area contributed by atoms with Crippen molar-refractivity contribution in [3.63, 3.8) is 0 Å². The summed E-state index contributed by atoms with van der Waals surface area (Å²) in [4.78, 5) is 9.48. The summed E-state index contributed by atoms with van der Waals surface area (Å²) in [5.41, 5.74) is 0.969. The number of piperazine rings is 3. The highest BCUT2D eigenvalue weighted by molar-refractivity contribution is 14.0. The average molecular weight is 489 g/mol.